The summed E-state index contributed by atoms with van der Waals surface area (Å²) in [6.45, 7) is -0.167. The van der Waals surface area contributed by atoms with Gasteiger partial charge in [-0.05, 0) is 46.1 Å². The molecule has 2 N–H and O–H groups in total. The van der Waals surface area contributed by atoms with Crippen LogP contribution in [0.15, 0.2) is 53.0 Å². The van der Waals surface area contributed by atoms with Crippen molar-refractivity contribution in [2.75, 3.05) is 6.61 Å². The van der Waals surface area contributed by atoms with Gasteiger partial charge in [-0.3, -0.25) is 4.79 Å². The molecular weight excluding hydrogens is 337 g/mol. The lowest BCUT2D eigenvalue weighted by Crippen LogP contribution is -2.39. The number of rotatable bonds is 5. The monoisotopic (exact) mass is 351 g/mol. The van der Waals surface area contributed by atoms with Crippen LogP contribution in [0.2, 0.25) is 0 Å². The van der Waals surface area contributed by atoms with Crippen molar-refractivity contribution >= 4 is 21.8 Å². The van der Waals surface area contributed by atoms with E-state index in [-0.39, 0.29) is 12.5 Å². The first-order valence-corrected chi connectivity index (χ1v) is 7.30. The summed E-state index contributed by atoms with van der Waals surface area (Å²) < 4.78 is 13.4. The minimum absolute atomic E-state index is 0.167. The number of hydrogen-bond donors (Lipinski definition) is 2. The molecule has 110 valence electrons. The highest BCUT2D eigenvalue weighted by Gasteiger charge is 2.16. The van der Waals surface area contributed by atoms with Crippen LogP contribution in [0.25, 0.3) is 0 Å². The zero-order chi connectivity index (χ0) is 15.2. The Hall–Kier alpha value is -1.72. The van der Waals surface area contributed by atoms with E-state index in [1.165, 1.54) is 18.2 Å². The lowest BCUT2D eigenvalue weighted by molar-refractivity contribution is 0.0915. The minimum atomic E-state index is -0.415. The zero-order valence-corrected chi connectivity index (χ0v) is 12.8. The SMILES string of the molecule is O=C(NC(CO)Cc1ccccc1)c1ccc(F)cc1Br. The van der Waals surface area contributed by atoms with Gasteiger partial charge in [-0.1, -0.05) is 30.3 Å². The van der Waals surface area contributed by atoms with Gasteiger partial charge in [0.15, 0.2) is 0 Å². The fourth-order valence-electron chi connectivity index (χ4n) is 2.00. The van der Waals surface area contributed by atoms with E-state index >= 15 is 0 Å². The summed E-state index contributed by atoms with van der Waals surface area (Å²) in [7, 11) is 0. The molecule has 1 atom stereocenters. The number of carbonyl (C=O) groups excluding carboxylic acids is 1. The molecule has 0 heterocycles. The summed E-state index contributed by atoms with van der Waals surface area (Å²) >= 11 is 3.16. The molecule has 2 aromatic carbocycles. The Kier molecular flexibility index (Phi) is 5.47. The van der Waals surface area contributed by atoms with E-state index in [0.717, 1.165) is 5.56 Å². The standard InChI is InChI=1S/C16H15BrFNO2/c17-15-9-12(18)6-7-14(15)16(21)19-13(10-20)8-11-4-2-1-3-5-11/h1-7,9,13,20H,8,10H2,(H,19,21). The Bertz CT molecular complexity index is 619. The predicted molar refractivity (Wildman–Crippen MR) is 82.6 cm³/mol. The maximum Gasteiger partial charge on any atom is 0.252 e. The molecule has 0 fully saturated rings. The van der Waals surface area contributed by atoms with E-state index in [4.69, 9.17) is 0 Å². The van der Waals surface area contributed by atoms with Gasteiger partial charge in [-0.25, -0.2) is 4.39 Å². The molecule has 1 unspecified atom stereocenters. The molecule has 2 aromatic rings. The molecule has 0 bridgehead atoms. The van der Waals surface area contributed by atoms with Crippen LogP contribution >= 0.6 is 15.9 Å². The highest BCUT2D eigenvalue weighted by atomic mass is 79.9. The van der Waals surface area contributed by atoms with E-state index in [1.54, 1.807) is 0 Å². The normalized spacial score (nSPS) is 12.0. The van der Waals surface area contributed by atoms with Crippen LogP contribution in [0, 0.1) is 5.82 Å². The van der Waals surface area contributed by atoms with Crippen LogP contribution in [0.1, 0.15) is 15.9 Å². The Labute approximate surface area is 130 Å². The summed E-state index contributed by atoms with van der Waals surface area (Å²) in [5.41, 5.74) is 1.36. The number of nitrogens with one attached hydrogen (secondary N) is 1. The van der Waals surface area contributed by atoms with E-state index in [9.17, 15) is 14.3 Å². The molecule has 1 amide bonds. The second kappa shape index (κ2) is 7.33. The Morgan fingerprint density at radius 3 is 2.57 bits per heavy atom. The largest absolute Gasteiger partial charge is 0.394 e. The van der Waals surface area contributed by atoms with Crippen molar-refractivity contribution in [3.63, 3.8) is 0 Å². The summed E-state index contributed by atoms with van der Waals surface area (Å²) in [5.74, 6) is -0.765. The van der Waals surface area contributed by atoms with Crippen LogP contribution in [0.3, 0.4) is 0 Å². The van der Waals surface area contributed by atoms with Crippen LogP contribution in [0.4, 0.5) is 4.39 Å². The first kappa shape index (κ1) is 15.7. The third kappa shape index (κ3) is 4.37. The number of aliphatic hydroxyl groups is 1. The second-order valence-electron chi connectivity index (χ2n) is 4.67. The average molecular weight is 352 g/mol. The molecule has 0 aromatic heterocycles. The number of amides is 1. The maximum atomic E-state index is 13.0. The minimum Gasteiger partial charge on any atom is -0.394 e. The van der Waals surface area contributed by atoms with Gasteiger partial charge in [0.25, 0.3) is 5.91 Å². The summed E-state index contributed by atoms with van der Waals surface area (Å²) in [6, 6.07) is 13.1. The molecule has 0 spiro atoms. The lowest BCUT2D eigenvalue weighted by atomic mass is 10.1. The zero-order valence-electron chi connectivity index (χ0n) is 11.2. The number of hydrogen-bond acceptors (Lipinski definition) is 2. The van der Waals surface area contributed by atoms with Gasteiger partial charge in [-0.15, -0.1) is 0 Å². The molecule has 0 saturated carbocycles. The van der Waals surface area contributed by atoms with Gasteiger partial charge < -0.3 is 10.4 Å². The topological polar surface area (TPSA) is 49.3 Å². The Balaban J connectivity index is 2.06. The highest BCUT2D eigenvalue weighted by molar-refractivity contribution is 9.10. The van der Waals surface area contributed by atoms with Gasteiger partial charge in [-0.2, -0.15) is 0 Å². The number of benzene rings is 2. The number of aliphatic hydroxyl groups excluding tert-OH is 1. The molecule has 3 nitrogen and oxygen atoms in total. The number of halogens is 2. The summed E-state index contributed by atoms with van der Waals surface area (Å²) in [4.78, 5) is 12.2. The van der Waals surface area contributed by atoms with Crippen molar-refractivity contribution in [1.29, 1.82) is 0 Å². The van der Waals surface area contributed by atoms with Crippen molar-refractivity contribution in [3.8, 4) is 0 Å². The van der Waals surface area contributed by atoms with Gasteiger partial charge in [0, 0.05) is 4.47 Å². The first-order chi connectivity index (χ1) is 10.1. The van der Waals surface area contributed by atoms with E-state index in [2.05, 4.69) is 21.2 Å². The molecule has 0 saturated heterocycles. The smallest absolute Gasteiger partial charge is 0.252 e. The van der Waals surface area contributed by atoms with Gasteiger partial charge >= 0.3 is 0 Å². The lowest BCUT2D eigenvalue weighted by Gasteiger charge is -2.17. The van der Waals surface area contributed by atoms with E-state index in [1.807, 2.05) is 30.3 Å². The third-order valence-electron chi connectivity index (χ3n) is 3.06. The van der Waals surface area contributed by atoms with Crippen molar-refractivity contribution in [2.24, 2.45) is 0 Å². The van der Waals surface area contributed by atoms with Crippen LogP contribution in [-0.4, -0.2) is 23.7 Å². The quantitative estimate of drug-likeness (QED) is 0.869. The molecule has 21 heavy (non-hydrogen) atoms. The molecule has 0 aliphatic heterocycles. The van der Waals surface area contributed by atoms with Crippen LogP contribution < -0.4 is 5.32 Å². The maximum absolute atomic E-state index is 13.0. The van der Waals surface area contributed by atoms with Crippen molar-refractivity contribution in [2.45, 2.75) is 12.5 Å². The van der Waals surface area contributed by atoms with Gasteiger partial charge in [0.05, 0.1) is 18.2 Å². The Morgan fingerprint density at radius 1 is 1.24 bits per heavy atom. The fourth-order valence-corrected chi connectivity index (χ4v) is 2.53. The predicted octanol–water partition coefficient (Wildman–Crippen LogP) is 2.92. The van der Waals surface area contributed by atoms with E-state index in [0.29, 0.717) is 16.5 Å². The van der Waals surface area contributed by atoms with Crippen molar-refractivity contribution in [3.05, 3.63) is 69.9 Å². The Morgan fingerprint density at radius 2 is 1.95 bits per heavy atom. The highest BCUT2D eigenvalue weighted by Crippen LogP contribution is 2.18. The third-order valence-corrected chi connectivity index (χ3v) is 3.71. The van der Waals surface area contributed by atoms with E-state index < -0.39 is 11.9 Å². The van der Waals surface area contributed by atoms with Crippen LogP contribution in [-0.2, 0) is 6.42 Å². The molecular formula is C16H15BrFNO2. The summed E-state index contributed by atoms with van der Waals surface area (Å²) in [6.07, 6.45) is 0.530. The van der Waals surface area contributed by atoms with Crippen molar-refractivity contribution in [1.82, 2.24) is 5.32 Å². The first-order valence-electron chi connectivity index (χ1n) is 6.51. The fraction of sp³-hybridized carbons (Fsp3) is 0.188. The van der Waals surface area contributed by atoms with Crippen LogP contribution in [0.5, 0.6) is 0 Å². The molecule has 2 rings (SSSR count). The molecule has 0 radical (unpaired) electrons. The number of carbonyl (C=O) groups is 1. The van der Waals surface area contributed by atoms with Gasteiger partial charge in [0.2, 0.25) is 0 Å². The molecule has 5 heteroatoms. The molecule has 0 aliphatic carbocycles. The average Bonchev–Trinajstić information content (AvgIpc) is 2.47. The van der Waals surface area contributed by atoms with Gasteiger partial charge in [0.1, 0.15) is 5.82 Å². The summed E-state index contributed by atoms with van der Waals surface area (Å²) in [5, 5.41) is 12.2. The molecule has 0 aliphatic rings. The van der Waals surface area contributed by atoms with Crippen molar-refractivity contribution < 1.29 is 14.3 Å². The second-order valence-corrected chi connectivity index (χ2v) is 5.52.